The lowest BCUT2D eigenvalue weighted by Gasteiger charge is -2.12. The van der Waals surface area contributed by atoms with Crippen molar-refractivity contribution in [2.75, 3.05) is 6.54 Å². The van der Waals surface area contributed by atoms with Gasteiger partial charge in [-0.1, -0.05) is 12.1 Å². The summed E-state index contributed by atoms with van der Waals surface area (Å²) in [4.78, 5) is 22.4. The fourth-order valence-electron chi connectivity index (χ4n) is 2.26. The first-order valence-corrected chi connectivity index (χ1v) is 6.94. The van der Waals surface area contributed by atoms with Crippen LogP contribution >= 0.6 is 0 Å². The lowest BCUT2D eigenvalue weighted by molar-refractivity contribution is -0.149. The zero-order valence-electron chi connectivity index (χ0n) is 11.5. The van der Waals surface area contributed by atoms with E-state index in [1.165, 1.54) is 12.1 Å². The van der Waals surface area contributed by atoms with E-state index in [2.05, 4.69) is 5.32 Å². The number of nitrogens with one attached hydrogen (secondary N) is 1. The number of carboxylic acid groups (broad SMARTS) is 1. The molecule has 114 valence electrons. The van der Waals surface area contributed by atoms with Crippen molar-refractivity contribution >= 4 is 11.9 Å². The number of aliphatic carboxylic acids is 1. The number of benzene rings is 1. The summed E-state index contributed by atoms with van der Waals surface area (Å²) in [7, 11) is 0. The number of carbonyl (C=O) groups is 2. The lowest BCUT2D eigenvalue weighted by atomic mass is 10.1. The van der Waals surface area contributed by atoms with Crippen LogP contribution in [0.4, 0.5) is 4.39 Å². The van der Waals surface area contributed by atoms with Crippen molar-refractivity contribution in [2.24, 2.45) is 0 Å². The van der Waals surface area contributed by atoms with Gasteiger partial charge in [0.1, 0.15) is 5.82 Å². The summed E-state index contributed by atoms with van der Waals surface area (Å²) in [6.45, 7) is 0.325. The van der Waals surface area contributed by atoms with E-state index in [-0.39, 0.29) is 17.8 Å². The zero-order valence-corrected chi connectivity index (χ0v) is 11.5. The highest BCUT2D eigenvalue weighted by Crippen LogP contribution is 2.19. The molecule has 2 unspecified atom stereocenters. The number of hydrogen-bond donors (Lipinski definition) is 2. The largest absolute Gasteiger partial charge is 0.479 e. The Balaban J connectivity index is 1.66. The summed E-state index contributed by atoms with van der Waals surface area (Å²) in [6, 6.07) is 6.04. The zero-order chi connectivity index (χ0) is 15.2. The van der Waals surface area contributed by atoms with Crippen molar-refractivity contribution in [3.8, 4) is 0 Å². The lowest BCUT2D eigenvalue weighted by Crippen LogP contribution is -2.33. The Labute approximate surface area is 122 Å². The molecule has 2 rings (SSSR count). The SMILES string of the molecule is O=C(CCc1ccc(F)cc1)NCC1CCC(C(=O)O)O1. The third kappa shape index (κ3) is 4.82. The Kier molecular flexibility index (Phi) is 5.27. The van der Waals surface area contributed by atoms with Crippen LogP contribution < -0.4 is 5.32 Å². The van der Waals surface area contributed by atoms with Gasteiger partial charge in [0.25, 0.3) is 0 Å². The average molecular weight is 295 g/mol. The monoisotopic (exact) mass is 295 g/mol. The molecule has 0 aliphatic carbocycles. The number of carbonyl (C=O) groups excluding carboxylic acids is 1. The van der Waals surface area contributed by atoms with Crippen LogP contribution in [0.15, 0.2) is 24.3 Å². The second-order valence-electron chi connectivity index (χ2n) is 5.09. The molecule has 1 aliphatic heterocycles. The molecular formula is C15H18FNO4. The maximum Gasteiger partial charge on any atom is 0.332 e. The molecule has 1 aromatic carbocycles. The van der Waals surface area contributed by atoms with Crippen LogP contribution in [0.2, 0.25) is 0 Å². The first-order valence-electron chi connectivity index (χ1n) is 6.94. The van der Waals surface area contributed by atoms with Crippen LogP contribution in [0.1, 0.15) is 24.8 Å². The van der Waals surface area contributed by atoms with E-state index in [4.69, 9.17) is 9.84 Å². The quantitative estimate of drug-likeness (QED) is 0.834. The van der Waals surface area contributed by atoms with E-state index in [1.54, 1.807) is 12.1 Å². The van der Waals surface area contributed by atoms with Crippen LogP contribution in [0.25, 0.3) is 0 Å². The van der Waals surface area contributed by atoms with Crippen molar-refractivity contribution in [3.05, 3.63) is 35.6 Å². The molecule has 5 nitrogen and oxygen atoms in total. The van der Waals surface area contributed by atoms with Crippen molar-refractivity contribution in [1.82, 2.24) is 5.32 Å². The normalized spacial score (nSPS) is 21.2. The molecule has 1 heterocycles. The molecule has 0 saturated carbocycles. The van der Waals surface area contributed by atoms with Crippen LogP contribution in [-0.4, -0.2) is 35.7 Å². The van der Waals surface area contributed by atoms with Gasteiger partial charge in [0, 0.05) is 13.0 Å². The summed E-state index contributed by atoms with van der Waals surface area (Å²) in [5, 5.41) is 11.5. The first kappa shape index (κ1) is 15.4. The highest BCUT2D eigenvalue weighted by Gasteiger charge is 2.30. The van der Waals surface area contributed by atoms with Gasteiger partial charge in [-0.25, -0.2) is 9.18 Å². The van der Waals surface area contributed by atoms with Gasteiger partial charge in [-0.2, -0.15) is 0 Å². The number of carboxylic acids is 1. The number of hydrogen-bond acceptors (Lipinski definition) is 3. The maximum absolute atomic E-state index is 12.7. The number of halogens is 1. The molecular weight excluding hydrogens is 277 g/mol. The van der Waals surface area contributed by atoms with Gasteiger partial charge >= 0.3 is 5.97 Å². The molecule has 0 bridgehead atoms. The Bertz CT molecular complexity index is 503. The third-order valence-electron chi connectivity index (χ3n) is 3.46. The van der Waals surface area contributed by atoms with Gasteiger partial charge in [0.15, 0.2) is 6.10 Å². The third-order valence-corrected chi connectivity index (χ3v) is 3.46. The minimum absolute atomic E-state index is 0.123. The first-order chi connectivity index (χ1) is 10.0. The maximum atomic E-state index is 12.7. The van der Waals surface area contributed by atoms with Crippen LogP contribution in [-0.2, 0) is 20.7 Å². The summed E-state index contributed by atoms with van der Waals surface area (Å²) >= 11 is 0. The molecule has 2 N–H and O–H groups in total. The number of amides is 1. The molecule has 0 aromatic heterocycles. The van der Waals surface area contributed by atoms with Gasteiger partial charge in [-0.05, 0) is 37.0 Å². The van der Waals surface area contributed by atoms with E-state index in [0.29, 0.717) is 32.2 Å². The van der Waals surface area contributed by atoms with E-state index in [0.717, 1.165) is 5.56 Å². The van der Waals surface area contributed by atoms with Crippen molar-refractivity contribution in [3.63, 3.8) is 0 Å². The predicted octanol–water partition coefficient (Wildman–Crippen LogP) is 1.51. The molecule has 21 heavy (non-hydrogen) atoms. The van der Waals surface area contributed by atoms with Gasteiger partial charge in [-0.15, -0.1) is 0 Å². The van der Waals surface area contributed by atoms with Gasteiger partial charge in [0.05, 0.1) is 6.10 Å². The number of rotatable bonds is 6. The summed E-state index contributed by atoms with van der Waals surface area (Å²) in [5.74, 6) is -1.38. The average Bonchev–Trinajstić information content (AvgIpc) is 2.93. The Morgan fingerprint density at radius 3 is 2.62 bits per heavy atom. The van der Waals surface area contributed by atoms with E-state index in [1.807, 2.05) is 0 Å². The predicted molar refractivity (Wildman–Crippen MR) is 73.3 cm³/mol. The minimum atomic E-state index is -0.958. The van der Waals surface area contributed by atoms with E-state index >= 15 is 0 Å². The van der Waals surface area contributed by atoms with Gasteiger partial charge in [0.2, 0.25) is 5.91 Å². The Morgan fingerprint density at radius 1 is 1.29 bits per heavy atom. The molecule has 6 heteroatoms. The van der Waals surface area contributed by atoms with E-state index < -0.39 is 12.1 Å². The van der Waals surface area contributed by atoms with Crippen molar-refractivity contribution in [1.29, 1.82) is 0 Å². The summed E-state index contributed by atoms with van der Waals surface area (Å²) < 4.78 is 18.0. The molecule has 1 fully saturated rings. The summed E-state index contributed by atoms with van der Waals surface area (Å²) in [6.07, 6.45) is 0.962. The fourth-order valence-corrected chi connectivity index (χ4v) is 2.26. The molecule has 2 atom stereocenters. The van der Waals surface area contributed by atoms with Gasteiger partial charge < -0.3 is 15.2 Å². The fraction of sp³-hybridized carbons (Fsp3) is 0.467. The minimum Gasteiger partial charge on any atom is -0.479 e. The van der Waals surface area contributed by atoms with Crippen LogP contribution in [0.3, 0.4) is 0 Å². The standard InChI is InChI=1S/C15H18FNO4/c16-11-4-1-10(2-5-11)3-8-14(18)17-9-12-6-7-13(21-12)15(19)20/h1-2,4-5,12-13H,3,6-9H2,(H,17,18)(H,19,20). The second-order valence-corrected chi connectivity index (χ2v) is 5.09. The summed E-state index contributed by atoms with van der Waals surface area (Å²) in [5.41, 5.74) is 0.898. The smallest absolute Gasteiger partial charge is 0.332 e. The van der Waals surface area contributed by atoms with Crippen molar-refractivity contribution < 1.29 is 23.8 Å². The highest BCUT2D eigenvalue weighted by molar-refractivity contribution is 5.76. The molecule has 1 aromatic rings. The topological polar surface area (TPSA) is 75.6 Å². The number of ether oxygens (including phenoxy) is 1. The molecule has 0 radical (unpaired) electrons. The Morgan fingerprint density at radius 2 is 2.00 bits per heavy atom. The second kappa shape index (κ2) is 7.17. The molecule has 0 spiro atoms. The molecule has 1 saturated heterocycles. The van der Waals surface area contributed by atoms with Crippen LogP contribution in [0, 0.1) is 5.82 Å². The van der Waals surface area contributed by atoms with Crippen LogP contribution in [0.5, 0.6) is 0 Å². The molecule has 1 amide bonds. The highest BCUT2D eigenvalue weighted by atomic mass is 19.1. The number of aryl methyl sites for hydroxylation is 1. The van der Waals surface area contributed by atoms with E-state index in [9.17, 15) is 14.0 Å². The Hall–Kier alpha value is -1.95. The van der Waals surface area contributed by atoms with Crippen molar-refractivity contribution in [2.45, 2.75) is 37.9 Å². The van der Waals surface area contributed by atoms with Gasteiger partial charge in [-0.3, -0.25) is 4.79 Å². The molecule has 1 aliphatic rings.